The molecule has 0 saturated carbocycles. The highest BCUT2D eigenvalue weighted by atomic mass is 16.6. The lowest BCUT2D eigenvalue weighted by Crippen LogP contribution is -2.19. The van der Waals surface area contributed by atoms with Gasteiger partial charge in [-0.1, -0.05) is 123 Å². The van der Waals surface area contributed by atoms with E-state index in [0.717, 1.165) is 24.3 Å². The van der Waals surface area contributed by atoms with Crippen molar-refractivity contribution in [3.05, 3.63) is 143 Å². The zero-order chi connectivity index (χ0) is 25.2. The zero-order valence-electron chi connectivity index (χ0n) is 21.5. The minimum atomic E-state index is -0.113. The van der Waals surface area contributed by atoms with Crippen molar-refractivity contribution in [2.45, 2.75) is 50.1 Å². The first-order chi connectivity index (χ1) is 18.2. The van der Waals surface area contributed by atoms with Crippen LogP contribution in [0.15, 0.2) is 109 Å². The summed E-state index contributed by atoms with van der Waals surface area (Å²) in [6.45, 7) is 5.98. The van der Waals surface area contributed by atoms with E-state index in [2.05, 4.69) is 123 Å². The van der Waals surface area contributed by atoms with Gasteiger partial charge >= 0.3 is 0 Å². The van der Waals surface area contributed by atoms with Crippen molar-refractivity contribution < 1.29 is 14.2 Å². The Morgan fingerprint density at radius 3 is 1.11 bits per heavy atom. The second-order valence-electron chi connectivity index (χ2n) is 10.3. The van der Waals surface area contributed by atoms with Gasteiger partial charge in [0.05, 0.1) is 13.2 Å². The predicted octanol–water partition coefficient (Wildman–Crippen LogP) is 7.59. The van der Waals surface area contributed by atoms with Gasteiger partial charge in [-0.2, -0.15) is 0 Å². The highest BCUT2D eigenvalue weighted by Crippen LogP contribution is 2.41. The minimum Gasteiger partial charge on any atom is -0.370 e. The standard InChI is InChI=1S/C34H34O3/c1-23(25-9-5-3-6-10-25)27-13-17-29(18-14-27)33(31-21-35-31)37-34(32-22-36-32)30-19-15-28(16-20-30)24(2)26-11-7-4-8-12-26/h3-20,23-24,31-34H,21-22H2,1-2H3. The van der Waals surface area contributed by atoms with E-state index in [0.29, 0.717) is 11.8 Å². The van der Waals surface area contributed by atoms with Gasteiger partial charge < -0.3 is 14.2 Å². The maximum absolute atomic E-state index is 6.79. The van der Waals surface area contributed by atoms with Gasteiger partial charge in [0.2, 0.25) is 0 Å². The van der Waals surface area contributed by atoms with Crippen molar-refractivity contribution in [1.82, 2.24) is 0 Å². The smallest absolute Gasteiger partial charge is 0.112 e. The van der Waals surface area contributed by atoms with E-state index in [1.54, 1.807) is 0 Å². The molecule has 4 aromatic carbocycles. The Morgan fingerprint density at radius 1 is 0.486 bits per heavy atom. The summed E-state index contributed by atoms with van der Waals surface area (Å²) in [6, 6.07) is 39.0. The van der Waals surface area contributed by atoms with Gasteiger partial charge in [0.15, 0.2) is 0 Å². The molecule has 0 N–H and O–H groups in total. The Morgan fingerprint density at radius 2 is 0.784 bits per heavy atom. The second-order valence-corrected chi connectivity index (χ2v) is 10.3. The molecule has 188 valence electrons. The number of hydrogen-bond acceptors (Lipinski definition) is 3. The van der Waals surface area contributed by atoms with Crippen LogP contribution in [0.4, 0.5) is 0 Å². The first kappa shape index (κ1) is 24.1. The van der Waals surface area contributed by atoms with Crippen molar-refractivity contribution in [2.75, 3.05) is 13.2 Å². The first-order valence-corrected chi connectivity index (χ1v) is 13.4. The van der Waals surface area contributed by atoms with Crippen LogP contribution < -0.4 is 0 Å². The number of benzene rings is 4. The predicted molar refractivity (Wildman–Crippen MR) is 147 cm³/mol. The number of hydrogen-bond donors (Lipinski definition) is 0. The molecular weight excluding hydrogens is 456 g/mol. The van der Waals surface area contributed by atoms with Gasteiger partial charge in [0.1, 0.15) is 24.4 Å². The monoisotopic (exact) mass is 490 g/mol. The molecule has 3 nitrogen and oxygen atoms in total. The fraction of sp³-hybridized carbons (Fsp3) is 0.294. The van der Waals surface area contributed by atoms with E-state index in [9.17, 15) is 0 Å². The summed E-state index contributed by atoms with van der Waals surface area (Å²) in [6.07, 6.45) is -0.0385. The SMILES string of the molecule is CC(c1ccccc1)c1ccc(C(OC(c2ccc(C(C)c3ccccc3)cc2)C2CO2)C2CO2)cc1. The molecule has 0 amide bonds. The summed E-state index contributed by atoms with van der Waals surface area (Å²) in [5.41, 5.74) is 7.57. The molecule has 0 spiro atoms. The Balaban J connectivity index is 1.19. The molecule has 0 aliphatic carbocycles. The average Bonchev–Trinajstić information content (AvgIpc) is 3.89. The van der Waals surface area contributed by atoms with Crippen LogP contribution in [-0.4, -0.2) is 25.4 Å². The van der Waals surface area contributed by atoms with Crippen molar-refractivity contribution in [2.24, 2.45) is 0 Å². The maximum Gasteiger partial charge on any atom is 0.112 e. The average molecular weight is 491 g/mol. The van der Waals surface area contributed by atoms with Crippen molar-refractivity contribution in [3.63, 3.8) is 0 Å². The topological polar surface area (TPSA) is 34.3 Å². The third-order valence-corrected chi connectivity index (χ3v) is 7.82. The van der Waals surface area contributed by atoms with Crippen LogP contribution in [0.5, 0.6) is 0 Å². The third kappa shape index (κ3) is 5.55. The molecule has 6 unspecified atom stereocenters. The van der Waals surface area contributed by atoms with Gasteiger partial charge in [0.25, 0.3) is 0 Å². The molecular formula is C34H34O3. The van der Waals surface area contributed by atoms with E-state index in [4.69, 9.17) is 14.2 Å². The molecule has 37 heavy (non-hydrogen) atoms. The molecule has 2 saturated heterocycles. The van der Waals surface area contributed by atoms with Gasteiger partial charge in [-0.3, -0.25) is 0 Å². The molecule has 6 rings (SSSR count). The van der Waals surface area contributed by atoms with Crippen LogP contribution >= 0.6 is 0 Å². The maximum atomic E-state index is 6.79. The Bertz CT molecular complexity index is 1170. The largest absolute Gasteiger partial charge is 0.370 e. The van der Waals surface area contributed by atoms with E-state index >= 15 is 0 Å². The van der Waals surface area contributed by atoms with Gasteiger partial charge in [-0.05, 0) is 33.4 Å². The molecule has 2 fully saturated rings. The normalized spacial score (nSPS) is 21.6. The van der Waals surface area contributed by atoms with E-state index in [1.807, 2.05) is 0 Å². The summed E-state index contributed by atoms with van der Waals surface area (Å²) in [5, 5.41) is 0. The first-order valence-electron chi connectivity index (χ1n) is 13.4. The zero-order valence-corrected chi connectivity index (χ0v) is 21.5. The van der Waals surface area contributed by atoms with E-state index in [1.165, 1.54) is 22.3 Å². The van der Waals surface area contributed by atoms with Crippen molar-refractivity contribution in [1.29, 1.82) is 0 Å². The number of rotatable bonds is 10. The summed E-state index contributed by atoms with van der Waals surface area (Å²) in [5.74, 6) is 0.687. The number of epoxide rings is 2. The van der Waals surface area contributed by atoms with Gasteiger partial charge in [-0.25, -0.2) is 0 Å². The molecule has 0 radical (unpaired) electrons. The molecule has 6 atom stereocenters. The van der Waals surface area contributed by atoms with Gasteiger partial charge in [-0.15, -0.1) is 0 Å². The summed E-state index contributed by atoms with van der Waals surface area (Å²) >= 11 is 0. The molecule has 0 aromatic heterocycles. The van der Waals surface area contributed by atoms with Crippen LogP contribution in [0, 0.1) is 0 Å². The molecule has 2 aliphatic rings. The molecule has 2 heterocycles. The van der Waals surface area contributed by atoms with Crippen LogP contribution in [0.3, 0.4) is 0 Å². The highest BCUT2D eigenvalue weighted by Gasteiger charge is 2.42. The van der Waals surface area contributed by atoms with Crippen LogP contribution in [0.25, 0.3) is 0 Å². The summed E-state index contributed by atoms with van der Waals surface area (Å²) in [7, 11) is 0. The Labute approximate surface area is 220 Å². The van der Waals surface area contributed by atoms with E-state index < -0.39 is 0 Å². The Hall–Kier alpha value is -3.24. The lowest BCUT2D eigenvalue weighted by molar-refractivity contribution is -0.0419. The lowest BCUT2D eigenvalue weighted by atomic mass is 9.91. The fourth-order valence-corrected chi connectivity index (χ4v) is 5.20. The van der Waals surface area contributed by atoms with Crippen LogP contribution in [0.1, 0.15) is 71.3 Å². The minimum absolute atomic E-state index is 0.0935. The molecule has 2 aliphatic heterocycles. The van der Waals surface area contributed by atoms with Crippen molar-refractivity contribution in [3.8, 4) is 0 Å². The lowest BCUT2D eigenvalue weighted by Gasteiger charge is -2.25. The summed E-state index contributed by atoms with van der Waals surface area (Å²) < 4.78 is 18.3. The molecule has 3 heteroatoms. The Kier molecular flexibility index (Phi) is 6.93. The van der Waals surface area contributed by atoms with Gasteiger partial charge in [0, 0.05) is 11.8 Å². The number of ether oxygens (including phenoxy) is 3. The second kappa shape index (κ2) is 10.6. The molecule has 0 bridgehead atoms. The van der Waals surface area contributed by atoms with Crippen LogP contribution in [0.2, 0.25) is 0 Å². The summed E-state index contributed by atoms with van der Waals surface area (Å²) in [4.78, 5) is 0. The third-order valence-electron chi connectivity index (χ3n) is 7.82. The van der Waals surface area contributed by atoms with Crippen molar-refractivity contribution >= 4 is 0 Å². The molecule has 4 aromatic rings. The fourth-order valence-electron chi connectivity index (χ4n) is 5.20. The highest BCUT2D eigenvalue weighted by molar-refractivity contribution is 5.36. The quantitative estimate of drug-likeness (QED) is 0.215. The van der Waals surface area contributed by atoms with E-state index in [-0.39, 0.29) is 24.4 Å². The van der Waals surface area contributed by atoms with Crippen LogP contribution in [-0.2, 0) is 14.2 Å².